The van der Waals surface area contributed by atoms with Gasteiger partial charge in [-0.15, -0.1) is 6.54 Å². The van der Waals surface area contributed by atoms with Gasteiger partial charge in [0.15, 0.2) is 0 Å². The first-order valence-electron chi connectivity index (χ1n) is 3.89. The summed E-state index contributed by atoms with van der Waals surface area (Å²) in [6.45, 7) is 3.22. The van der Waals surface area contributed by atoms with Gasteiger partial charge in [0.1, 0.15) is 0 Å². The van der Waals surface area contributed by atoms with Gasteiger partial charge < -0.3 is 34.4 Å². The van der Waals surface area contributed by atoms with Crippen molar-refractivity contribution in [2.45, 2.75) is 0 Å². The minimum atomic E-state index is 0. The van der Waals surface area contributed by atoms with Gasteiger partial charge in [-0.25, -0.2) is 0 Å². The van der Waals surface area contributed by atoms with Crippen LogP contribution in [-0.2, 0) is 19.5 Å². The van der Waals surface area contributed by atoms with Crippen LogP contribution in [0.4, 0.5) is 0 Å². The molecule has 0 atom stereocenters. The van der Waals surface area contributed by atoms with Crippen molar-refractivity contribution in [1.29, 1.82) is 0 Å². The van der Waals surface area contributed by atoms with E-state index in [9.17, 15) is 0 Å². The molecule has 11 N–H and O–H groups in total. The quantitative estimate of drug-likeness (QED) is 0.371. The van der Waals surface area contributed by atoms with Crippen LogP contribution in [0.5, 0.6) is 0 Å². The molecular weight excluding hydrogens is 257 g/mol. The normalized spacial score (nSPS) is 6.92. The van der Waals surface area contributed by atoms with E-state index in [1.807, 2.05) is 0 Å². The van der Waals surface area contributed by atoms with Crippen molar-refractivity contribution < 1.29 is 19.5 Å². The number of hydrogen-bond donors (Lipinski definition) is 5. The summed E-state index contributed by atoms with van der Waals surface area (Å²) in [6, 6.07) is 0. The summed E-state index contributed by atoms with van der Waals surface area (Å²) < 4.78 is 0. The SMILES string of the molecule is NCCN.NCCN.[NH-]CCN.[Ru+8]. The molecule has 0 aromatic heterocycles. The van der Waals surface area contributed by atoms with E-state index < -0.39 is 0 Å². The van der Waals surface area contributed by atoms with Gasteiger partial charge in [0.2, 0.25) is 0 Å². The van der Waals surface area contributed by atoms with E-state index in [2.05, 4.69) is 0 Å². The molecule has 0 saturated carbocycles. The van der Waals surface area contributed by atoms with E-state index in [0.717, 1.165) is 0 Å². The van der Waals surface area contributed by atoms with E-state index in [0.29, 0.717) is 39.3 Å². The number of hydrogen-bond acceptors (Lipinski definition) is 5. The largest absolute Gasteiger partial charge is 8.00 e. The maximum atomic E-state index is 6.33. The second-order valence-corrected chi connectivity index (χ2v) is 1.69. The molecule has 0 bridgehead atoms. The van der Waals surface area contributed by atoms with E-state index in [1.54, 1.807) is 0 Å². The summed E-state index contributed by atoms with van der Waals surface area (Å²) in [6.07, 6.45) is 0. The molecule has 0 unspecified atom stereocenters. The van der Waals surface area contributed by atoms with Crippen molar-refractivity contribution in [2.75, 3.05) is 39.3 Å². The third-order valence-electron chi connectivity index (χ3n) is 0.478. The average Bonchev–Trinajstić information content (AvgIpc) is 2.18. The standard InChI is InChI=1S/2C2H8N2.C2H7N2.Ru/c3*3-1-2-4;/h2*1-4H2;3H,1-2,4H2;/q;;-1;+8. The predicted octanol–water partition coefficient (Wildman–Crippen LogP) is -2.20. The summed E-state index contributed by atoms with van der Waals surface area (Å²) >= 11 is 0. The van der Waals surface area contributed by atoms with Crippen molar-refractivity contribution in [2.24, 2.45) is 28.7 Å². The zero-order valence-corrected chi connectivity index (χ0v) is 9.72. The molecule has 0 saturated heterocycles. The summed E-state index contributed by atoms with van der Waals surface area (Å²) in [4.78, 5) is 0. The monoisotopic (exact) mass is 281 g/mol. The van der Waals surface area contributed by atoms with E-state index in [1.165, 1.54) is 0 Å². The van der Waals surface area contributed by atoms with E-state index >= 15 is 0 Å². The van der Waals surface area contributed by atoms with Gasteiger partial charge in [0, 0.05) is 26.2 Å². The molecule has 0 radical (unpaired) electrons. The number of rotatable bonds is 3. The Morgan fingerprint density at radius 2 is 0.769 bits per heavy atom. The summed E-state index contributed by atoms with van der Waals surface area (Å²) in [5.74, 6) is 0. The first-order chi connectivity index (χ1) is 5.74. The Hall–Kier alpha value is 0.383. The molecule has 0 heterocycles. The van der Waals surface area contributed by atoms with Gasteiger partial charge in [0.05, 0.1) is 0 Å². The first kappa shape index (κ1) is 23.3. The molecule has 6 nitrogen and oxygen atoms in total. The molecule has 0 aromatic rings. The fourth-order valence-electron chi connectivity index (χ4n) is 0. The van der Waals surface area contributed by atoms with Crippen LogP contribution in [-0.4, -0.2) is 39.3 Å². The molecule has 78 valence electrons. The van der Waals surface area contributed by atoms with E-state index in [4.69, 9.17) is 34.4 Å². The molecule has 0 aromatic carbocycles. The Morgan fingerprint density at radius 1 is 0.615 bits per heavy atom. The van der Waals surface area contributed by atoms with Crippen molar-refractivity contribution >= 4 is 0 Å². The van der Waals surface area contributed by atoms with Crippen LogP contribution in [0.25, 0.3) is 5.73 Å². The van der Waals surface area contributed by atoms with Crippen LogP contribution >= 0.6 is 0 Å². The van der Waals surface area contributed by atoms with Gasteiger partial charge >= 0.3 is 19.5 Å². The molecule has 7 heteroatoms. The van der Waals surface area contributed by atoms with Crippen LogP contribution in [0.2, 0.25) is 0 Å². The first-order valence-corrected chi connectivity index (χ1v) is 3.89. The van der Waals surface area contributed by atoms with Gasteiger partial charge in [-0.3, -0.25) is 0 Å². The molecule has 0 spiro atoms. The summed E-state index contributed by atoms with van der Waals surface area (Å²) in [5.41, 5.74) is 30.8. The second-order valence-electron chi connectivity index (χ2n) is 1.69. The Balaban J connectivity index is -0.0000000450. The Bertz CT molecular complexity index is 32.6. The fraction of sp³-hybridized carbons (Fsp3) is 1.00. The fourth-order valence-corrected chi connectivity index (χ4v) is 0. The maximum absolute atomic E-state index is 6.33. The van der Waals surface area contributed by atoms with Crippen LogP contribution in [0.3, 0.4) is 0 Å². The summed E-state index contributed by atoms with van der Waals surface area (Å²) in [7, 11) is 0. The smallest absolute Gasteiger partial charge is 0.676 e. The molecule has 0 aliphatic heterocycles. The van der Waals surface area contributed by atoms with Crippen LogP contribution in [0.15, 0.2) is 0 Å². The molecule has 0 amide bonds. The summed E-state index contributed by atoms with van der Waals surface area (Å²) in [5, 5.41) is 0. The van der Waals surface area contributed by atoms with Crippen molar-refractivity contribution in [1.82, 2.24) is 0 Å². The van der Waals surface area contributed by atoms with Crippen molar-refractivity contribution in [3.8, 4) is 0 Å². The predicted molar refractivity (Wildman–Crippen MR) is 54.5 cm³/mol. The zero-order chi connectivity index (χ0) is 10.2. The topological polar surface area (TPSA) is 154 Å². The average molecular weight is 280 g/mol. The van der Waals surface area contributed by atoms with Gasteiger partial charge in [-0.2, -0.15) is 0 Å². The number of nitrogens with two attached hydrogens (primary N) is 5. The van der Waals surface area contributed by atoms with Crippen molar-refractivity contribution in [3.63, 3.8) is 0 Å². The van der Waals surface area contributed by atoms with Gasteiger partial charge in [0.25, 0.3) is 0 Å². The van der Waals surface area contributed by atoms with Gasteiger partial charge in [-0.05, 0) is 6.54 Å². The van der Waals surface area contributed by atoms with Crippen LogP contribution in [0, 0.1) is 0 Å². The minimum Gasteiger partial charge on any atom is -0.676 e. The molecule has 0 aliphatic carbocycles. The molecule has 0 rings (SSSR count). The zero-order valence-electron chi connectivity index (χ0n) is 7.98. The Labute approximate surface area is 93.5 Å². The minimum absolute atomic E-state index is 0. The number of nitrogens with one attached hydrogen (secondary N) is 1. The molecule has 13 heavy (non-hydrogen) atoms. The molecule has 0 fully saturated rings. The maximum Gasteiger partial charge on any atom is 8.00 e. The van der Waals surface area contributed by atoms with Crippen molar-refractivity contribution in [3.05, 3.63) is 5.73 Å². The third-order valence-corrected chi connectivity index (χ3v) is 0.478. The molecular formula is C6H23N6Ru+7. The Morgan fingerprint density at radius 3 is 0.769 bits per heavy atom. The van der Waals surface area contributed by atoms with Gasteiger partial charge in [-0.1, -0.05) is 0 Å². The Kier molecular flexibility index (Phi) is 70.6. The molecule has 0 aliphatic rings. The van der Waals surface area contributed by atoms with Crippen LogP contribution < -0.4 is 28.7 Å². The van der Waals surface area contributed by atoms with Crippen LogP contribution in [0.1, 0.15) is 0 Å². The second kappa shape index (κ2) is 39.4. The van der Waals surface area contributed by atoms with E-state index in [-0.39, 0.29) is 19.5 Å². The third kappa shape index (κ3) is 117.